The number of nitrogens with two attached hydrogens (primary N) is 1. The smallest absolute Gasteiger partial charge is 0.257 e. The summed E-state index contributed by atoms with van der Waals surface area (Å²) in [4.78, 5) is 15.8. The van der Waals surface area contributed by atoms with E-state index in [-0.39, 0.29) is 21.4 Å². The van der Waals surface area contributed by atoms with Crippen molar-refractivity contribution in [1.29, 1.82) is 5.26 Å². The Morgan fingerprint density at radius 1 is 1.30 bits per heavy atom. The van der Waals surface area contributed by atoms with Gasteiger partial charge in [0.05, 0.1) is 21.2 Å². The molecule has 0 unspecified atom stereocenters. The van der Waals surface area contributed by atoms with Gasteiger partial charge in [0, 0.05) is 11.9 Å². The number of halogens is 2. The number of rotatable bonds is 2. The molecule has 1 heterocycles. The Bertz CT molecular complexity index is 725. The number of amides is 1. The molecule has 0 saturated heterocycles. The molecule has 3 N–H and O–H groups in total. The van der Waals surface area contributed by atoms with Crippen LogP contribution in [0, 0.1) is 11.3 Å². The Morgan fingerprint density at radius 3 is 2.70 bits per heavy atom. The first-order chi connectivity index (χ1) is 9.51. The van der Waals surface area contributed by atoms with E-state index in [1.165, 1.54) is 24.4 Å². The van der Waals surface area contributed by atoms with E-state index in [4.69, 9.17) is 34.2 Å². The number of nitrogen functional groups attached to an aromatic ring is 1. The maximum atomic E-state index is 12.1. The minimum atomic E-state index is -0.440. The maximum absolute atomic E-state index is 12.1. The van der Waals surface area contributed by atoms with Crippen molar-refractivity contribution in [2.75, 3.05) is 11.1 Å². The number of nitrogens with zero attached hydrogens (tertiary/aromatic N) is 2. The van der Waals surface area contributed by atoms with Crippen molar-refractivity contribution in [3.63, 3.8) is 0 Å². The Balaban J connectivity index is 2.26. The lowest BCUT2D eigenvalue weighted by Crippen LogP contribution is -2.13. The summed E-state index contributed by atoms with van der Waals surface area (Å²) >= 11 is 11.8. The van der Waals surface area contributed by atoms with Crippen LogP contribution in [0.3, 0.4) is 0 Å². The van der Waals surface area contributed by atoms with Crippen LogP contribution in [-0.4, -0.2) is 10.9 Å². The molecular weight excluding hydrogens is 299 g/mol. The molecule has 0 atom stereocenters. The molecule has 100 valence electrons. The summed E-state index contributed by atoms with van der Waals surface area (Å²) in [6.07, 6.45) is 1.30. The minimum absolute atomic E-state index is 0.191. The molecule has 0 saturated carbocycles. The third-order valence-electron chi connectivity index (χ3n) is 2.47. The summed E-state index contributed by atoms with van der Waals surface area (Å²) in [7, 11) is 0. The maximum Gasteiger partial charge on any atom is 0.257 e. The quantitative estimate of drug-likeness (QED) is 0.891. The Morgan fingerprint density at radius 2 is 2.05 bits per heavy atom. The minimum Gasteiger partial charge on any atom is -0.384 e. The van der Waals surface area contributed by atoms with Gasteiger partial charge in [0.1, 0.15) is 11.9 Å². The zero-order valence-electron chi connectivity index (χ0n) is 10.0. The van der Waals surface area contributed by atoms with Crippen molar-refractivity contribution in [2.45, 2.75) is 0 Å². The van der Waals surface area contributed by atoms with E-state index < -0.39 is 5.91 Å². The molecule has 20 heavy (non-hydrogen) atoms. The van der Waals surface area contributed by atoms with Crippen molar-refractivity contribution in [3.8, 4) is 6.07 Å². The SMILES string of the molecule is N#Cc1ccc(NC(=O)c2cc(N)ncc2Cl)cc1Cl. The summed E-state index contributed by atoms with van der Waals surface area (Å²) in [6.45, 7) is 0. The second-order valence-electron chi connectivity index (χ2n) is 3.85. The second kappa shape index (κ2) is 5.78. The van der Waals surface area contributed by atoms with Gasteiger partial charge in [-0.25, -0.2) is 4.98 Å². The van der Waals surface area contributed by atoms with E-state index in [2.05, 4.69) is 10.3 Å². The highest BCUT2D eigenvalue weighted by atomic mass is 35.5. The number of pyridine rings is 1. The third kappa shape index (κ3) is 2.99. The van der Waals surface area contributed by atoms with Gasteiger partial charge in [0.2, 0.25) is 0 Å². The predicted octanol–water partition coefficient (Wildman–Crippen LogP) is 3.09. The monoisotopic (exact) mass is 306 g/mol. The molecule has 0 aliphatic carbocycles. The second-order valence-corrected chi connectivity index (χ2v) is 4.66. The number of carbonyl (C=O) groups is 1. The van der Waals surface area contributed by atoms with Crippen LogP contribution in [0.2, 0.25) is 10.0 Å². The molecule has 0 bridgehead atoms. The highest BCUT2D eigenvalue weighted by Gasteiger charge is 2.12. The molecule has 0 aliphatic heterocycles. The number of anilines is 2. The Labute approximate surface area is 124 Å². The number of nitrogens with one attached hydrogen (secondary N) is 1. The van der Waals surface area contributed by atoms with Crippen molar-refractivity contribution in [1.82, 2.24) is 4.98 Å². The van der Waals surface area contributed by atoms with Gasteiger partial charge in [-0.15, -0.1) is 0 Å². The molecule has 7 heteroatoms. The molecule has 2 aromatic rings. The van der Waals surface area contributed by atoms with Gasteiger partial charge in [-0.1, -0.05) is 23.2 Å². The lowest BCUT2D eigenvalue weighted by Gasteiger charge is -2.08. The van der Waals surface area contributed by atoms with Crippen LogP contribution in [0.15, 0.2) is 30.5 Å². The Kier molecular flexibility index (Phi) is 4.08. The van der Waals surface area contributed by atoms with E-state index in [0.717, 1.165) is 0 Å². The van der Waals surface area contributed by atoms with Gasteiger partial charge >= 0.3 is 0 Å². The fourth-order valence-corrected chi connectivity index (χ4v) is 1.92. The lowest BCUT2D eigenvalue weighted by molar-refractivity contribution is 0.102. The molecule has 1 aromatic heterocycles. The number of hydrogen-bond acceptors (Lipinski definition) is 4. The first-order valence-electron chi connectivity index (χ1n) is 5.43. The van der Waals surface area contributed by atoms with Crippen molar-refractivity contribution in [2.24, 2.45) is 0 Å². The fraction of sp³-hybridized carbons (Fsp3) is 0. The predicted molar refractivity (Wildman–Crippen MR) is 77.8 cm³/mol. The van der Waals surface area contributed by atoms with Gasteiger partial charge in [-0.2, -0.15) is 5.26 Å². The van der Waals surface area contributed by atoms with Crippen molar-refractivity contribution < 1.29 is 4.79 Å². The number of nitriles is 1. The van der Waals surface area contributed by atoms with Crippen LogP contribution in [0.4, 0.5) is 11.5 Å². The van der Waals surface area contributed by atoms with Gasteiger partial charge < -0.3 is 11.1 Å². The summed E-state index contributed by atoms with van der Waals surface area (Å²) in [5.41, 5.74) is 6.50. The third-order valence-corrected chi connectivity index (χ3v) is 3.08. The fourth-order valence-electron chi connectivity index (χ4n) is 1.51. The molecule has 1 aromatic carbocycles. The molecule has 1 amide bonds. The van der Waals surface area contributed by atoms with Gasteiger partial charge in [-0.05, 0) is 24.3 Å². The first kappa shape index (κ1) is 14.1. The van der Waals surface area contributed by atoms with Crippen LogP contribution in [0.5, 0.6) is 0 Å². The zero-order valence-corrected chi connectivity index (χ0v) is 11.5. The number of benzene rings is 1. The number of carbonyl (C=O) groups excluding carboxylic acids is 1. The molecule has 0 spiro atoms. The summed E-state index contributed by atoms with van der Waals surface area (Å²) in [5.74, 6) is -0.248. The normalized spacial score (nSPS) is 9.85. The van der Waals surface area contributed by atoms with Gasteiger partial charge in [0.25, 0.3) is 5.91 Å². The van der Waals surface area contributed by atoms with Crippen LogP contribution in [-0.2, 0) is 0 Å². The Hall–Kier alpha value is -2.29. The van der Waals surface area contributed by atoms with E-state index in [1.807, 2.05) is 6.07 Å². The lowest BCUT2D eigenvalue weighted by atomic mass is 10.2. The average molecular weight is 307 g/mol. The first-order valence-corrected chi connectivity index (χ1v) is 6.19. The highest BCUT2D eigenvalue weighted by Crippen LogP contribution is 2.22. The van der Waals surface area contributed by atoms with Crippen LogP contribution < -0.4 is 11.1 Å². The molecule has 0 radical (unpaired) electrons. The molecule has 0 fully saturated rings. The standard InChI is InChI=1S/C13H8Cl2N4O/c14-10-3-8(2-1-7(10)5-16)19-13(20)9-4-12(17)18-6-11(9)15/h1-4,6H,(H2,17,18)(H,19,20). The van der Waals surface area contributed by atoms with E-state index in [0.29, 0.717) is 11.3 Å². The van der Waals surface area contributed by atoms with E-state index >= 15 is 0 Å². The summed E-state index contributed by atoms with van der Waals surface area (Å²) in [6, 6.07) is 7.88. The van der Waals surface area contributed by atoms with Crippen LogP contribution in [0.25, 0.3) is 0 Å². The molecular formula is C13H8Cl2N4O. The zero-order chi connectivity index (χ0) is 14.7. The van der Waals surface area contributed by atoms with Crippen LogP contribution in [0.1, 0.15) is 15.9 Å². The van der Waals surface area contributed by atoms with Gasteiger partial charge in [-0.3, -0.25) is 4.79 Å². The van der Waals surface area contributed by atoms with Crippen molar-refractivity contribution >= 4 is 40.6 Å². The number of hydrogen-bond donors (Lipinski definition) is 2. The summed E-state index contributed by atoms with van der Waals surface area (Å²) < 4.78 is 0. The highest BCUT2D eigenvalue weighted by molar-refractivity contribution is 6.34. The van der Waals surface area contributed by atoms with E-state index in [9.17, 15) is 4.79 Å². The largest absolute Gasteiger partial charge is 0.384 e. The van der Waals surface area contributed by atoms with E-state index in [1.54, 1.807) is 6.07 Å². The van der Waals surface area contributed by atoms with Crippen molar-refractivity contribution in [3.05, 3.63) is 51.6 Å². The molecule has 0 aliphatic rings. The van der Waals surface area contributed by atoms with Gasteiger partial charge in [0.15, 0.2) is 0 Å². The van der Waals surface area contributed by atoms with Crippen LogP contribution >= 0.6 is 23.2 Å². The number of aromatic nitrogens is 1. The molecule has 2 rings (SSSR count). The molecule has 5 nitrogen and oxygen atoms in total. The average Bonchev–Trinajstić information content (AvgIpc) is 2.41. The topological polar surface area (TPSA) is 91.8 Å². The summed E-state index contributed by atoms with van der Waals surface area (Å²) in [5, 5.41) is 11.8.